The van der Waals surface area contributed by atoms with Crippen LogP contribution in [0.5, 0.6) is 0 Å². The van der Waals surface area contributed by atoms with Gasteiger partial charge in [0.1, 0.15) is 11.4 Å². The Morgan fingerprint density at radius 3 is 2.54 bits per heavy atom. The molecule has 0 radical (unpaired) electrons. The lowest BCUT2D eigenvalue weighted by molar-refractivity contribution is -0.386. The minimum absolute atomic E-state index is 0. The van der Waals surface area contributed by atoms with Gasteiger partial charge in [0.2, 0.25) is 5.91 Å². The number of aromatic nitrogens is 2. The zero-order valence-corrected chi connectivity index (χ0v) is 14.8. The number of carbonyl (C=O) groups is 1. The lowest BCUT2D eigenvalue weighted by atomic mass is 10.00. The molecule has 2 saturated heterocycles. The summed E-state index contributed by atoms with van der Waals surface area (Å²) in [5.74, 6) is -0.00786. The van der Waals surface area contributed by atoms with E-state index in [1.165, 1.54) is 12.8 Å². The van der Waals surface area contributed by atoms with E-state index in [0.29, 0.717) is 36.4 Å². The van der Waals surface area contributed by atoms with Gasteiger partial charge in [0.15, 0.2) is 0 Å². The molecule has 2 unspecified atom stereocenters. The van der Waals surface area contributed by atoms with E-state index in [1.807, 2.05) is 0 Å². The summed E-state index contributed by atoms with van der Waals surface area (Å²) in [6.45, 7) is 3.65. The third-order valence-corrected chi connectivity index (χ3v) is 4.91. The number of nitrogens with zero attached hydrogens (tertiary/aromatic N) is 3. The smallest absolute Gasteiger partial charge is 0.312 e. The SMILES string of the molecule is Cc1nn(CCC(=O)NC2CC3CCC(C2)N3)c(C)c1[N+](=O)[O-].Cl. The summed E-state index contributed by atoms with van der Waals surface area (Å²) in [6.07, 6.45) is 4.68. The summed E-state index contributed by atoms with van der Waals surface area (Å²) in [4.78, 5) is 22.7. The summed E-state index contributed by atoms with van der Waals surface area (Å²) in [5.41, 5.74) is 0.934. The highest BCUT2D eigenvalue weighted by Crippen LogP contribution is 2.27. The van der Waals surface area contributed by atoms with E-state index in [2.05, 4.69) is 15.7 Å². The fourth-order valence-electron chi connectivity index (χ4n) is 3.85. The number of piperidine rings is 1. The van der Waals surface area contributed by atoms with Gasteiger partial charge in [0.05, 0.1) is 11.5 Å². The third-order valence-electron chi connectivity index (χ3n) is 4.91. The van der Waals surface area contributed by atoms with E-state index < -0.39 is 4.92 Å². The first-order valence-corrected chi connectivity index (χ1v) is 8.18. The molecule has 1 amide bonds. The van der Waals surface area contributed by atoms with Crippen LogP contribution in [0.3, 0.4) is 0 Å². The second-order valence-corrected chi connectivity index (χ2v) is 6.62. The van der Waals surface area contributed by atoms with Crippen molar-refractivity contribution < 1.29 is 9.72 Å². The Labute approximate surface area is 146 Å². The van der Waals surface area contributed by atoms with Crippen LogP contribution >= 0.6 is 12.4 Å². The molecular weight excluding hydrogens is 334 g/mol. The summed E-state index contributed by atoms with van der Waals surface area (Å²) >= 11 is 0. The minimum atomic E-state index is -0.418. The van der Waals surface area contributed by atoms with Crippen molar-refractivity contribution in [3.05, 3.63) is 21.5 Å². The van der Waals surface area contributed by atoms with Crippen molar-refractivity contribution in [2.75, 3.05) is 0 Å². The molecule has 3 rings (SSSR count). The topological polar surface area (TPSA) is 102 Å². The first-order chi connectivity index (χ1) is 10.9. The molecule has 0 saturated carbocycles. The molecule has 1 aromatic rings. The van der Waals surface area contributed by atoms with Gasteiger partial charge in [-0.3, -0.25) is 19.6 Å². The molecule has 24 heavy (non-hydrogen) atoms. The standard InChI is InChI=1S/C15H23N5O3.ClH/c1-9-15(20(22)23)10(2)19(18-9)6-5-14(21)17-13-7-11-3-4-12(8-13)16-11;/h11-13,16H,3-8H2,1-2H3,(H,17,21);1H. The number of amides is 1. The van der Waals surface area contributed by atoms with E-state index >= 15 is 0 Å². The van der Waals surface area contributed by atoms with Crippen LogP contribution in [0.15, 0.2) is 0 Å². The van der Waals surface area contributed by atoms with E-state index in [1.54, 1.807) is 18.5 Å². The van der Waals surface area contributed by atoms with E-state index in [0.717, 1.165) is 12.8 Å². The molecular formula is C15H24ClN5O3. The van der Waals surface area contributed by atoms with Crippen LogP contribution in [0, 0.1) is 24.0 Å². The summed E-state index contributed by atoms with van der Waals surface area (Å²) in [7, 11) is 0. The average molecular weight is 358 g/mol. The molecule has 2 aliphatic rings. The molecule has 2 atom stereocenters. The lowest BCUT2D eigenvalue weighted by Crippen LogP contribution is -2.48. The zero-order chi connectivity index (χ0) is 16.6. The number of fused-ring (bicyclic) bond motifs is 2. The number of carbonyl (C=O) groups excluding carboxylic acids is 1. The maximum Gasteiger partial charge on any atom is 0.312 e. The van der Waals surface area contributed by atoms with Crippen molar-refractivity contribution in [3.8, 4) is 0 Å². The number of rotatable bonds is 5. The van der Waals surface area contributed by atoms with Crippen molar-refractivity contribution in [1.29, 1.82) is 0 Å². The number of nitrogens with one attached hydrogen (secondary N) is 2. The Morgan fingerprint density at radius 2 is 2.00 bits per heavy atom. The predicted molar refractivity (Wildman–Crippen MR) is 91.3 cm³/mol. The molecule has 2 N–H and O–H groups in total. The van der Waals surface area contributed by atoms with Gasteiger partial charge in [0.25, 0.3) is 0 Å². The maximum atomic E-state index is 12.1. The van der Waals surface area contributed by atoms with Gasteiger partial charge in [-0.1, -0.05) is 0 Å². The molecule has 0 aromatic carbocycles. The summed E-state index contributed by atoms with van der Waals surface area (Å²) in [5, 5.41) is 21.8. The lowest BCUT2D eigenvalue weighted by Gasteiger charge is -2.29. The average Bonchev–Trinajstić information content (AvgIpc) is 2.96. The quantitative estimate of drug-likeness (QED) is 0.615. The highest BCUT2D eigenvalue weighted by molar-refractivity contribution is 5.85. The Balaban J connectivity index is 0.00000208. The number of hydrogen-bond donors (Lipinski definition) is 2. The second kappa shape index (κ2) is 7.48. The highest BCUT2D eigenvalue weighted by atomic mass is 35.5. The number of hydrogen-bond acceptors (Lipinski definition) is 5. The molecule has 9 heteroatoms. The molecule has 0 aliphatic carbocycles. The van der Waals surface area contributed by atoms with Gasteiger partial charge in [-0.2, -0.15) is 5.10 Å². The highest BCUT2D eigenvalue weighted by Gasteiger charge is 2.33. The van der Waals surface area contributed by atoms with Gasteiger partial charge in [0, 0.05) is 24.5 Å². The van der Waals surface area contributed by atoms with Crippen molar-refractivity contribution in [2.45, 2.75) is 70.6 Å². The van der Waals surface area contributed by atoms with Crippen LogP contribution in [0.4, 0.5) is 5.69 Å². The number of halogens is 1. The molecule has 8 nitrogen and oxygen atoms in total. The van der Waals surface area contributed by atoms with Crippen LogP contribution in [-0.4, -0.2) is 38.7 Å². The van der Waals surface area contributed by atoms with E-state index in [9.17, 15) is 14.9 Å². The fourth-order valence-corrected chi connectivity index (χ4v) is 3.85. The number of nitro groups is 1. The fraction of sp³-hybridized carbons (Fsp3) is 0.733. The van der Waals surface area contributed by atoms with Gasteiger partial charge >= 0.3 is 5.69 Å². The van der Waals surface area contributed by atoms with Crippen LogP contribution in [-0.2, 0) is 11.3 Å². The Bertz CT molecular complexity index is 621. The van der Waals surface area contributed by atoms with Crippen LogP contribution < -0.4 is 10.6 Å². The first kappa shape index (κ1) is 18.7. The molecule has 0 spiro atoms. The van der Waals surface area contributed by atoms with Gasteiger partial charge in [-0.05, 0) is 39.5 Å². The first-order valence-electron chi connectivity index (χ1n) is 8.18. The van der Waals surface area contributed by atoms with E-state index in [-0.39, 0.29) is 30.0 Å². The van der Waals surface area contributed by atoms with Crippen molar-refractivity contribution in [2.24, 2.45) is 0 Å². The molecule has 2 bridgehead atoms. The van der Waals surface area contributed by atoms with Crippen LogP contribution in [0.25, 0.3) is 0 Å². The minimum Gasteiger partial charge on any atom is -0.353 e. The predicted octanol–water partition coefficient (Wildman–Crippen LogP) is 1.62. The second-order valence-electron chi connectivity index (χ2n) is 6.62. The Kier molecular flexibility index (Phi) is 5.82. The number of aryl methyl sites for hydroxylation is 2. The van der Waals surface area contributed by atoms with Crippen molar-refractivity contribution >= 4 is 24.0 Å². The largest absolute Gasteiger partial charge is 0.353 e. The molecule has 134 valence electrons. The van der Waals surface area contributed by atoms with Crippen LogP contribution in [0.2, 0.25) is 0 Å². The monoisotopic (exact) mass is 357 g/mol. The molecule has 2 aliphatic heterocycles. The van der Waals surface area contributed by atoms with Crippen LogP contribution in [0.1, 0.15) is 43.5 Å². The van der Waals surface area contributed by atoms with Crippen molar-refractivity contribution in [3.63, 3.8) is 0 Å². The van der Waals surface area contributed by atoms with Gasteiger partial charge in [-0.25, -0.2) is 0 Å². The van der Waals surface area contributed by atoms with Gasteiger partial charge in [-0.15, -0.1) is 12.4 Å². The van der Waals surface area contributed by atoms with E-state index in [4.69, 9.17) is 0 Å². The summed E-state index contributed by atoms with van der Waals surface area (Å²) < 4.78 is 1.55. The normalized spacial score (nSPS) is 25.2. The Morgan fingerprint density at radius 1 is 1.38 bits per heavy atom. The third kappa shape index (κ3) is 3.87. The maximum absolute atomic E-state index is 12.1. The molecule has 3 heterocycles. The zero-order valence-electron chi connectivity index (χ0n) is 13.9. The molecule has 1 aromatic heterocycles. The summed E-state index contributed by atoms with van der Waals surface area (Å²) in [6, 6.07) is 1.33. The molecule has 2 fully saturated rings. The van der Waals surface area contributed by atoms with Gasteiger partial charge < -0.3 is 10.6 Å². The van der Waals surface area contributed by atoms with Crippen molar-refractivity contribution in [1.82, 2.24) is 20.4 Å². The Hall–Kier alpha value is -1.67.